The first kappa shape index (κ1) is 10.2. The predicted octanol–water partition coefficient (Wildman–Crippen LogP) is 2.05. The molecule has 2 N–H and O–H groups in total. The summed E-state index contributed by atoms with van der Waals surface area (Å²) in [5, 5.41) is 27.2. The van der Waals surface area contributed by atoms with Gasteiger partial charge in [-0.15, -0.1) is 5.10 Å². The molecule has 0 aliphatic heterocycles. The molecule has 16 heavy (non-hydrogen) atoms. The molecule has 0 aliphatic carbocycles. The molecule has 0 aliphatic rings. The van der Waals surface area contributed by atoms with Gasteiger partial charge in [0.25, 0.3) is 0 Å². The topological polar surface area (TPSA) is 75.5 Å². The van der Waals surface area contributed by atoms with Crippen LogP contribution in [0.15, 0.2) is 30.7 Å². The summed E-state index contributed by atoms with van der Waals surface area (Å²) in [6.45, 7) is 0. The van der Waals surface area contributed by atoms with Gasteiger partial charge in [-0.3, -0.25) is 0 Å². The van der Waals surface area contributed by atoms with Crippen molar-refractivity contribution in [3.8, 4) is 5.75 Å². The summed E-state index contributed by atoms with van der Waals surface area (Å²) in [6, 6.07) is 5.31. The quantitative estimate of drug-likeness (QED) is 0.754. The van der Waals surface area contributed by atoms with Crippen LogP contribution in [0.5, 0.6) is 5.75 Å². The summed E-state index contributed by atoms with van der Waals surface area (Å²) in [4.78, 5) is 0. The van der Waals surface area contributed by atoms with Gasteiger partial charge in [0.2, 0.25) is 0 Å². The van der Waals surface area contributed by atoms with E-state index < -0.39 is 0 Å². The Balaban J connectivity index is 2.74. The first-order valence-corrected chi connectivity index (χ1v) is 4.59. The van der Waals surface area contributed by atoms with Gasteiger partial charge in [-0.25, -0.2) is 0 Å². The van der Waals surface area contributed by atoms with Crippen LogP contribution in [0.1, 0.15) is 5.69 Å². The molecule has 1 aromatic carbocycles. The van der Waals surface area contributed by atoms with E-state index in [0.29, 0.717) is 17.4 Å². The molecule has 0 fully saturated rings. The minimum absolute atomic E-state index is 0.221. The van der Waals surface area contributed by atoms with Gasteiger partial charge in [0.15, 0.2) is 5.76 Å². The van der Waals surface area contributed by atoms with Gasteiger partial charge in [-0.2, -0.15) is 5.10 Å². The Bertz CT molecular complexity index is 552. The van der Waals surface area contributed by atoms with Crippen LogP contribution in [0.2, 0.25) is 0 Å². The second kappa shape index (κ2) is 4.06. The number of benzene rings is 1. The molecule has 1 heterocycles. The fourth-order valence-corrected chi connectivity index (χ4v) is 1.43. The van der Waals surface area contributed by atoms with Gasteiger partial charge >= 0.3 is 0 Å². The summed E-state index contributed by atoms with van der Waals surface area (Å²) >= 11 is 0. The molecule has 0 spiro atoms. The highest BCUT2D eigenvalue weighted by molar-refractivity contribution is 5.90. The van der Waals surface area contributed by atoms with Crippen molar-refractivity contribution < 1.29 is 14.9 Å². The Labute approximate surface area is 91.6 Å². The molecule has 1 aromatic heterocycles. The Hall–Kier alpha value is -2.30. The maximum atomic E-state index is 9.46. The van der Waals surface area contributed by atoms with Gasteiger partial charge in [0.05, 0.1) is 13.3 Å². The van der Waals surface area contributed by atoms with Gasteiger partial charge in [0, 0.05) is 10.8 Å². The lowest BCUT2D eigenvalue weighted by Gasteiger charge is -2.05. The highest BCUT2D eigenvalue weighted by Crippen LogP contribution is 2.24. The van der Waals surface area contributed by atoms with Crippen molar-refractivity contribution in [1.29, 1.82) is 0 Å². The van der Waals surface area contributed by atoms with E-state index in [1.807, 2.05) is 0 Å². The molecule has 0 saturated carbocycles. The van der Waals surface area contributed by atoms with E-state index in [4.69, 9.17) is 9.84 Å². The number of nitrogens with zero attached hydrogens (tertiary/aromatic N) is 2. The van der Waals surface area contributed by atoms with Crippen LogP contribution in [-0.2, 0) is 0 Å². The van der Waals surface area contributed by atoms with Crippen molar-refractivity contribution in [1.82, 2.24) is 10.2 Å². The van der Waals surface area contributed by atoms with Crippen LogP contribution in [-0.4, -0.2) is 27.5 Å². The number of aromatic nitrogens is 2. The number of aliphatic hydroxyl groups is 2. The van der Waals surface area contributed by atoms with Crippen LogP contribution in [0.4, 0.5) is 0 Å². The molecule has 0 atom stereocenters. The molecule has 0 saturated heterocycles. The molecule has 5 nitrogen and oxygen atoms in total. The Morgan fingerprint density at radius 1 is 1.44 bits per heavy atom. The summed E-state index contributed by atoms with van der Waals surface area (Å²) in [6.07, 6.45) is 2.16. The van der Waals surface area contributed by atoms with Crippen molar-refractivity contribution in [2.75, 3.05) is 7.11 Å². The van der Waals surface area contributed by atoms with Gasteiger partial charge in [-0.05, 0) is 18.2 Å². The van der Waals surface area contributed by atoms with Crippen LogP contribution < -0.4 is 4.74 Å². The van der Waals surface area contributed by atoms with Crippen molar-refractivity contribution in [2.45, 2.75) is 0 Å². The van der Waals surface area contributed by atoms with E-state index in [9.17, 15) is 5.11 Å². The molecule has 5 heteroatoms. The summed E-state index contributed by atoms with van der Waals surface area (Å²) < 4.78 is 5.08. The number of ether oxygens (including phenoxy) is 1. The number of fused-ring (bicyclic) bond motifs is 1. The lowest BCUT2D eigenvalue weighted by atomic mass is 10.1. The largest absolute Gasteiger partial charge is 0.512 e. The van der Waals surface area contributed by atoms with Crippen LogP contribution in [0, 0.1) is 0 Å². The number of aliphatic hydroxyl groups excluding tert-OH is 2. The van der Waals surface area contributed by atoms with Gasteiger partial charge < -0.3 is 14.9 Å². The van der Waals surface area contributed by atoms with Gasteiger partial charge in [-0.1, -0.05) is 0 Å². The van der Waals surface area contributed by atoms with Gasteiger partial charge in [0.1, 0.15) is 17.7 Å². The first-order valence-electron chi connectivity index (χ1n) is 4.59. The zero-order valence-electron chi connectivity index (χ0n) is 8.58. The predicted molar refractivity (Wildman–Crippen MR) is 59.3 cm³/mol. The fraction of sp³-hybridized carbons (Fsp3) is 0.0909. The van der Waals surface area contributed by atoms with Crippen LogP contribution >= 0.6 is 0 Å². The smallest absolute Gasteiger partial charge is 0.178 e. The third kappa shape index (κ3) is 1.63. The van der Waals surface area contributed by atoms with E-state index in [1.165, 1.54) is 0 Å². The van der Waals surface area contributed by atoms with E-state index in [2.05, 4.69) is 10.2 Å². The molecular weight excluding hydrogens is 208 g/mol. The normalized spacial score (nSPS) is 11.7. The van der Waals surface area contributed by atoms with Crippen molar-refractivity contribution in [3.05, 3.63) is 36.4 Å². The monoisotopic (exact) mass is 218 g/mol. The molecule has 0 amide bonds. The van der Waals surface area contributed by atoms with E-state index >= 15 is 0 Å². The van der Waals surface area contributed by atoms with Crippen molar-refractivity contribution in [2.24, 2.45) is 0 Å². The highest BCUT2D eigenvalue weighted by atomic mass is 16.5. The molecule has 2 rings (SSSR count). The maximum Gasteiger partial charge on any atom is 0.178 e. The third-order valence-corrected chi connectivity index (χ3v) is 2.24. The summed E-state index contributed by atoms with van der Waals surface area (Å²) in [5.74, 6) is 0.318. The van der Waals surface area contributed by atoms with Crippen molar-refractivity contribution in [3.63, 3.8) is 0 Å². The maximum absolute atomic E-state index is 9.46. The second-order valence-corrected chi connectivity index (χ2v) is 3.16. The minimum Gasteiger partial charge on any atom is -0.512 e. The standard InChI is InChI=1S/C11H10N2O3/c1-16-8-3-2-7-5-12-13-11(9(7)4-8)10(15)6-14/h2-6,14-15H,1H3. The molecule has 0 radical (unpaired) electrons. The van der Waals surface area contributed by atoms with E-state index in [-0.39, 0.29) is 11.5 Å². The van der Waals surface area contributed by atoms with Crippen LogP contribution in [0.25, 0.3) is 16.5 Å². The number of hydrogen-bond acceptors (Lipinski definition) is 5. The average Bonchev–Trinajstić information content (AvgIpc) is 2.36. The Morgan fingerprint density at radius 3 is 2.94 bits per heavy atom. The lowest BCUT2D eigenvalue weighted by Crippen LogP contribution is -1.94. The van der Waals surface area contributed by atoms with E-state index in [0.717, 1.165) is 5.39 Å². The SMILES string of the molecule is COc1ccc2cnnc(C(O)=CO)c2c1. The summed E-state index contributed by atoms with van der Waals surface area (Å²) in [5.41, 5.74) is 0.221. The molecule has 2 aromatic rings. The highest BCUT2D eigenvalue weighted by Gasteiger charge is 2.08. The molecule has 0 bridgehead atoms. The number of methoxy groups -OCH3 is 1. The zero-order valence-corrected chi connectivity index (χ0v) is 8.58. The molecule has 0 unspecified atom stereocenters. The fourth-order valence-electron chi connectivity index (χ4n) is 1.43. The second-order valence-electron chi connectivity index (χ2n) is 3.16. The average molecular weight is 218 g/mol. The zero-order chi connectivity index (χ0) is 11.5. The van der Waals surface area contributed by atoms with Crippen molar-refractivity contribution >= 4 is 16.5 Å². The van der Waals surface area contributed by atoms with E-state index in [1.54, 1.807) is 31.5 Å². The minimum atomic E-state index is -0.327. The van der Waals surface area contributed by atoms with Crippen LogP contribution in [0.3, 0.4) is 0 Å². The molecule has 82 valence electrons. The Kier molecular flexibility index (Phi) is 2.59. The Morgan fingerprint density at radius 2 is 2.25 bits per heavy atom. The lowest BCUT2D eigenvalue weighted by molar-refractivity contribution is 0.415. The summed E-state index contributed by atoms with van der Waals surface area (Å²) in [7, 11) is 1.55. The number of rotatable bonds is 2. The molecular formula is C11H10N2O3. The number of hydrogen-bond donors (Lipinski definition) is 2. The third-order valence-electron chi connectivity index (χ3n) is 2.24. The first-order chi connectivity index (χ1) is 7.76.